The van der Waals surface area contributed by atoms with Gasteiger partial charge < -0.3 is 14.6 Å². The highest BCUT2D eigenvalue weighted by Gasteiger charge is 2.23. The third-order valence-electron chi connectivity index (χ3n) is 3.86. The fourth-order valence-electron chi connectivity index (χ4n) is 2.71. The third kappa shape index (κ3) is 3.48. The first kappa shape index (κ1) is 14.2. The second-order valence-corrected chi connectivity index (χ2v) is 6.87. The van der Waals surface area contributed by atoms with Crippen molar-refractivity contribution in [3.63, 3.8) is 0 Å². The van der Waals surface area contributed by atoms with Gasteiger partial charge in [-0.2, -0.15) is 0 Å². The summed E-state index contributed by atoms with van der Waals surface area (Å²) in [6.45, 7) is 9.25. The molecule has 3 heteroatoms. The predicted octanol–water partition coefficient (Wildman–Crippen LogP) is 3.55. The lowest BCUT2D eigenvalue weighted by molar-refractivity contribution is 0.319. The minimum atomic E-state index is 0.153. The Morgan fingerprint density at radius 3 is 2.86 bits per heavy atom. The Morgan fingerprint density at radius 2 is 2.05 bits per heavy atom. The van der Waals surface area contributed by atoms with E-state index in [1.165, 1.54) is 11.1 Å². The van der Waals surface area contributed by atoms with Crippen molar-refractivity contribution >= 4 is 0 Å². The standard InChI is InChI=1S/C18H24N2O/c1-18(2,3)19-10-14-8-9-20(11-14)12-15-13-21-17-7-5-4-6-16(15)17/h4-9,11,15,19H,10,12-13H2,1-3H3. The summed E-state index contributed by atoms with van der Waals surface area (Å²) in [7, 11) is 0. The number of aromatic nitrogens is 1. The molecule has 3 nitrogen and oxygen atoms in total. The zero-order valence-electron chi connectivity index (χ0n) is 13.1. The Balaban J connectivity index is 1.63. The topological polar surface area (TPSA) is 26.2 Å². The zero-order chi connectivity index (χ0) is 14.9. The number of ether oxygens (including phenoxy) is 1. The van der Waals surface area contributed by atoms with Crippen molar-refractivity contribution in [1.82, 2.24) is 9.88 Å². The van der Waals surface area contributed by atoms with E-state index in [2.05, 4.69) is 67.3 Å². The van der Waals surface area contributed by atoms with E-state index in [1.807, 2.05) is 6.07 Å². The Labute approximate surface area is 126 Å². The first-order valence-electron chi connectivity index (χ1n) is 7.63. The van der Waals surface area contributed by atoms with E-state index in [1.54, 1.807) is 0 Å². The molecule has 2 heterocycles. The number of fused-ring (bicyclic) bond motifs is 1. The number of hydrogen-bond donors (Lipinski definition) is 1. The second kappa shape index (κ2) is 5.57. The molecule has 2 aromatic rings. The fraction of sp³-hybridized carbons (Fsp3) is 0.444. The number of para-hydroxylation sites is 1. The van der Waals surface area contributed by atoms with Crippen LogP contribution in [0.5, 0.6) is 5.75 Å². The molecular formula is C18H24N2O. The number of rotatable bonds is 4. The van der Waals surface area contributed by atoms with E-state index >= 15 is 0 Å². The molecule has 112 valence electrons. The molecule has 0 fully saturated rings. The largest absolute Gasteiger partial charge is 0.493 e. The Kier molecular flexibility index (Phi) is 3.77. The van der Waals surface area contributed by atoms with Crippen LogP contribution in [0, 0.1) is 0 Å². The van der Waals surface area contributed by atoms with Crippen LogP contribution in [0.25, 0.3) is 0 Å². The molecule has 0 amide bonds. The van der Waals surface area contributed by atoms with E-state index in [0.29, 0.717) is 5.92 Å². The second-order valence-electron chi connectivity index (χ2n) is 6.87. The average molecular weight is 284 g/mol. The van der Waals surface area contributed by atoms with Crippen LogP contribution in [0.2, 0.25) is 0 Å². The summed E-state index contributed by atoms with van der Waals surface area (Å²) >= 11 is 0. The quantitative estimate of drug-likeness (QED) is 0.929. The van der Waals surface area contributed by atoms with Gasteiger partial charge in [0.2, 0.25) is 0 Å². The summed E-state index contributed by atoms with van der Waals surface area (Å²) in [5.41, 5.74) is 2.82. The fourth-order valence-corrected chi connectivity index (χ4v) is 2.71. The molecule has 1 unspecified atom stereocenters. The molecule has 0 spiro atoms. The van der Waals surface area contributed by atoms with Crippen LogP contribution in [-0.4, -0.2) is 16.7 Å². The molecule has 1 aromatic heterocycles. The number of nitrogens with zero attached hydrogens (tertiary/aromatic N) is 1. The molecule has 0 radical (unpaired) electrons. The number of benzene rings is 1. The monoisotopic (exact) mass is 284 g/mol. The molecule has 0 saturated carbocycles. The maximum absolute atomic E-state index is 5.76. The van der Waals surface area contributed by atoms with Gasteiger partial charge in [0.25, 0.3) is 0 Å². The van der Waals surface area contributed by atoms with Gasteiger partial charge in [-0.1, -0.05) is 18.2 Å². The maximum atomic E-state index is 5.76. The van der Waals surface area contributed by atoms with Crippen molar-refractivity contribution in [1.29, 1.82) is 0 Å². The number of hydrogen-bond acceptors (Lipinski definition) is 2. The first-order chi connectivity index (χ1) is 10.0. The summed E-state index contributed by atoms with van der Waals surface area (Å²) in [5, 5.41) is 3.52. The van der Waals surface area contributed by atoms with Gasteiger partial charge in [0, 0.05) is 42.5 Å². The summed E-state index contributed by atoms with van der Waals surface area (Å²) in [6.07, 6.45) is 4.40. The molecule has 1 atom stereocenters. The number of nitrogens with one attached hydrogen (secondary N) is 1. The molecule has 1 aliphatic heterocycles. The molecule has 21 heavy (non-hydrogen) atoms. The highest BCUT2D eigenvalue weighted by Crippen LogP contribution is 2.34. The summed E-state index contributed by atoms with van der Waals surface area (Å²) in [4.78, 5) is 0. The first-order valence-corrected chi connectivity index (χ1v) is 7.63. The van der Waals surface area contributed by atoms with Crippen molar-refractivity contribution in [3.8, 4) is 5.75 Å². The lowest BCUT2D eigenvalue weighted by Gasteiger charge is -2.19. The van der Waals surface area contributed by atoms with Gasteiger partial charge in [-0.3, -0.25) is 0 Å². The lowest BCUT2D eigenvalue weighted by Crippen LogP contribution is -2.34. The van der Waals surface area contributed by atoms with Gasteiger partial charge >= 0.3 is 0 Å². The van der Waals surface area contributed by atoms with Gasteiger partial charge in [-0.25, -0.2) is 0 Å². The van der Waals surface area contributed by atoms with Gasteiger partial charge in [-0.05, 0) is 38.5 Å². The van der Waals surface area contributed by atoms with E-state index in [9.17, 15) is 0 Å². The van der Waals surface area contributed by atoms with Crippen molar-refractivity contribution in [2.24, 2.45) is 0 Å². The molecule has 0 aliphatic carbocycles. The molecule has 1 aliphatic rings. The minimum absolute atomic E-state index is 0.153. The molecule has 1 N–H and O–H groups in total. The molecule has 0 bridgehead atoms. The SMILES string of the molecule is CC(C)(C)NCc1ccn(CC2COc3ccccc32)c1. The normalized spacial score (nSPS) is 17.6. The van der Waals surface area contributed by atoms with Crippen LogP contribution in [0.3, 0.4) is 0 Å². The van der Waals surface area contributed by atoms with Gasteiger partial charge in [0.1, 0.15) is 5.75 Å². The van der Waals surface area contributed by atoms with Crippen molar-refractivity contribution < 1.29 is 4.74 Å². The van der Waals surface area contributed by atoms with Crippen LogP contribution in [0.1, 0.15) is 37.8 Å². The predicted molar refractivity (Wildman–Crippen MR) is 85.7 cm³/mol. The Hall–Kier alpha value is -1.74. The molecule has 0 saturated heterocycles. The van der Waals surface area contributed by atoms with Gasteiger partial charge in [0.15, 0.2) is 0 Å². The van der Waals surface area contributed by atoms with Gasteiger partial charge in [0.05, 0.1) is 6.61 Å². The van der Waals surface area contributed by atoms with E-state index < -0.39 is 0 Å². The van der Waals surface area contributed by atoms with Crippen LogP contribution in [0.15, 0.2) is 42.7 Å². The average Bonchev–Trinajstić information content (AvgIpc) is 3.04. The van der Waals surface area contributed by atoms with Crippen LogP contribution in [0.4, 0.5) is 0 Å². The van der Waals surface area contributed by atoms with E-state index in [-0.39, 0.29) is 5.54 Å². The minimum Gasteiger partial charge on any atom is -0.493 e. The highest BCUT2D eigenvalue weighted by atomic mass is 16.5. The van der Waals surface area contributed by atoms with Crippen molar-refractivity contribution in [3.05, 3.63) is 53.9 Å². The van der Waals surface area contributed by atoms with E-state index in [0.717, 1.165) is 25.4 Å². The van der Waals surface area contributed by atoms with Gasteiger partial charge in [-0.15, -0.1) is 0 Å². The lowest BCUT2D eigenvalue weighted by atomic mass is 10.0. The maximum Gasteiger partial charge on any atom is 0.122 e. The zero-order valence-corrected chi connectivity index (χ0v) is 13.1. The van der Waals surface area contributed by atoms with Crippen molar-refractivity contribution in [2.45, 2.75) is 45.3 Å². The Bertz CT molecular complexity index is 610. The van der Waals surface area contributed by atoms with Crippen LogP contribution in [-0.2, 0) is 13.1 Å². The molecular weight excluding hydrogens is 260 g/mol. The summed E-state index contributed by atoms with van der Waals surface area (Å²) < 4.78 is 8.03. The summed E-state index contributed by atoms with van der Waals surface area (Å²) in [5.74, 6) is 1.50. The third-order valence-corrected chi connectivity index (χ3v) is 3.86. The van der Waals surface area contributed by atoms with Crippen molar-refractivity contribution in [2.75, 3.05) is 6.61 Å². The smallest absolute Gasteiger partial charge is 0.122 e. The Morgan fingerprint density at radius 1 is 1.24 bits per heavy atom. The summed E-state index contributed by atoms with van der Waals surface area (Å²) in [6, 6.07) is 10.6. The van der Waals surface area contributed by atoms with Crippen LogP contribution < -0.4 is 10.1 Å². The molecule has 3 rings (SSSR count). The highest BCUT2D eigenvalue weighted by molar-refractivity contribution is 5.39. The van der Waals surface area contributed by atoms with Crippen LogP contribution >= 0.6 is 0 Å². The van der Waals surface area contributed by atoms with E-state index in [4.69, 9.17) is 4.74 Å². The molecule has 1 aromatic carbocycles.